The number of hydrogen-bond donors (Lipinski definition) is 0. The van der Waals surface area contributed by atoms with Crippen LogP contribution < -0.4 is 36.3 Å². The van der Waals surface area contributed by atoms with Gasteiger partial charge in [0, 0.05) is 12.0 Å². The van der Waals surface area contributed by atoms with E-state index in [9.17, 15) is 14.4 Å². The number of ether oxygens (including phenoxy) is 2. The number of hydrogen-bond acceptors (Lipinski definition) is 5. The number of carbonyl (C=O) groups is 3. The minimum Gasteiger partial charge on any atom is -0.678 e. The molecule has 0 N–H and O–H groups in total. The molecule has 3 aliphatic rings. The van der Waals surface area contributed by atoms with Gasteiger partial charge in [0.1, 0.15) is 12.5 Å². The van der Waals surface area contributed by atoms with Crippen molar-refractivity contribution >= 4 is 64.6 Å². The first-order chi connectivity index (χ1) is 30.6. The van der Waals surface area contributed by atoms with Crippen LogP contribution in [-0.4, -0.2) is 60.5 Å². The number of carbonyl (C=O) groups excluding carboxylic acids is 3. The molecule has 0 amide bonds. The molecule has 5 atom stereocenters. The molecule has 3 aromatic rings. The molecule has 65 heavy (non-hydrogen) atoms. The zero-order chi connectivity index (χ0) is 46.4. The van der Waals surface area contributed by atoms with E-state index in [-0.39, 0.29) is 59.8 Å². The Hall–Kier alpha value is -4.02. The van der Waals surface area contributed by atoms with Crippen molar-refractivity contribution in [2.24, 2.45) is 29.6 Å². The van der Waals surface area contributed by atoms with E-state index in [1.165, 1.54) is 57.6 Å². The maximum absolute atomic E-state index is 14.4. The summed E-state index contributed by atoms with van der Waals surface area (Å²) in [5.74, 6) is -0.340. The van der Waals surface area contributed by atoms with E-state index in [2.05, 4.69) is 81.4 Å². The molecule has 2 aliphatic heterocycles. The van der Waals surface area contributed by atoms with Crippen molar-refractivity contribution in [1.82, 2.24) is 15.0 Å². The number of ketones is 1. The summed E-state index contributed by atoms with van der Waals surface area (Å²) in [6.07, 6.45) is 21.6. The fraction of sp³-hybridized carbons (Fsp3) is 0.582. The van der Waals surface area contributed by atoms with Crippen LogP contribution in [0, 0.1) is 50.4 Å². The van der Waals surface area contributed by atoms with Crippen LogP contribution in [0.3, 0.4) is 0 Å². The maximum Gasteiger partial charge on any atom is 2.00 e. The Balaban J connectivity index is 0.00000793. The van der Waals surface area contributed by atoms with Crippen LogP contribution in [0.1, 0.15) is 176 Å². The molecule has 3 aromatic heterocycles. The van der Waals surface area contributed by atoms with Gasteiger partial charge in [-0.3, -0.25) is 14.4 Å². The van der Waals surface area contributed by atoms with Crippen molar-refractivity contribution in [3.8, 4) is 0 Å². The molecular formula is C55H74MgN4O5-2. The molecule has 9 nitrogen and oxygen atoms in total. The minimum absolute atomic E-state index is 0. The maximum atomic E-state index is 14.4. The van der Waals surface area contributed by atoms with Crippen molar-refractivity contribution in [2.45, 2.75) is 166 Å². The van der Waals surface area contributed by atoms with E-state index in [1.807, 2.05) is 19.1 Å². The van der Waals surface area contributed by atoms with Crippen molar-refractivity contribution < 1.29 is 23.9 Å². The van der Waals surface area contributed by atoms with Crippen molar-refractivity contribution in [2.75, 3.05) is 13.7 Å². The fourth-order valence-corrected chi connectivity index (χ4v) is 10.2. The fourth-order valence-electron chi connectivity index (χ4n) is 10.2. The first kappa shape index (κ1) is 52.0. The van der Waals surface area contributed by atoms with Crippen LogP contribution in [0.25, 0.3) is 29.1 Å². The molecule has 0 aromatic carbocycles. The molecule has 0 saturated heterocycles. The van der Waals surface area contributed by atoms with Crippen LogP contribution >= 0.6 is 0 Å². The van der Waals surface area contributed by atoms with Crippen LogP contribution in [0.4, 0.5) is 0 Å². The summed E-state index contributed by atoms with van der Waals surface area (Å²) < 4.78 is 11.1. The molecule has 1 unspecified atom stereocenters. The van der Waals surface area contributed by atoms with Gasteiger partial charge in [0.15, 0.2) is 5.78 Å². The van der Waals surface area contributed by atoms with Gasteiger partial charge in [-0.05, 0) is 89.5 Å². The molecule has 6 rings (SSSR count). The van der Waals surface area contributed by atoms with Gasteiger partial charge in [-0.2, -0.15) is 0 Å². The summed E-state index contributed by atoms with van der Waals surface area (Å²) in [6.45, 7) is 24.2. The van der Waals surface area contributed by atoms with E-state index in [4.69, 9.17) is 29.7 Å². The Morgan fingerprint density at radius 3 is 2.08 bits per heavy atom. The van der Waals surface area contributed by atoms with Crippen molar-refractivity contribution in [1.29, 1.82) is 0 Å². The molecule has 0 fully saturated rings. The number of rotatable bonds is 20. The van der Waals surface area contributed by atoms with Crippen LogP contribution in [0.2, 0.25) is 0 Å². The molecule has 10 heteroatoms. The average molecular weight is 896 g/mol. The third kappa shape index (κ3) is 11.8. The van der Waals surface area contributed by atoms with Crippen LogP contribution in [0.5, 0.6) is 0 Å². The molecule has 0 radical (unpaired) electrons. The SMILES string of the molecule is CCc1c2[n-]c(c1C)/C=c1\[n-]/c(c(C)c1CC)=C\C1[N-]C(=C(CCC(=O)OC/C=C(\C)CCC[C@H](C)CCC[C@H](C)CCCC(C)C)[C@@H]1C)C1=c3[n-]/c(c(C)c3C(=O)[C@H]1C(=O)OC)=C\2.[Mg+2]. The van der Waals surface area contributed by atoms with E-state index >= 15 is 0 Å². The number of methoxy groups -OCH3 is 1. The first-order valence-corrected chi connectivity index (χ1v) is 24.4. The van der Waals surface area contributed by atoms with Gasteiger partial charge in [-0.15, -0.1) is 44.6 Å². The number of allylic oxidation sites excluding steroid dienone is 2. The Morgan fingerprint density at radius 2 is 1.43 bits per heavy atom. The Morgan fingerprint density at radius 1 is 0.785 bits per heavy atom. The Bertz CT molecular complexity index is 2530. The molecule has 348 valence electrons. The molecule has 0 saturated carbocycles. The minimum atomic E-state index is -1.21. The summed E-state index contributed by atoms with van der Waals surface area (Å²) in [6, 6.07) is -0.361. The summed E-state index contributed by atoms with van der Waals surface area (Å²) in [4.78, 5) is 56.7. The zero-order valence-electron chi connectivity index (χ0n) is 41.7. The van der Waals surface area contributed by atoms with E-state index < -0.39 is 11.9 Å². The first-order valence-electron chi connectivity index (χ1n) is 24.4. The van der Waals surface area contributed by atoms with Gasteiger partial charge in [0.05, 0.1) is 7.11 Å². The average Bonchev–Trinajstić information content (AvgIpc) is 3.99. The molecular weight excluding hydrogens is 821 g/mol. The summed E-state index contributed by atoms with van der Waals surface area (Å²) in [7, 11) is 1.30. The summed E-state index contributed by atoms with van der Waals surface area (Å²) in [5.41, 5.74) is 10.4. The number of aromatic nitrogens is 3. The summed E-state index contributed by atoms with van der Waals surface area (Å²) >= 11 is 0. The molecule has 5 heterocycles. The predicted molar refractivity (Wildman–Crippen MR) is 263 cm³/mol. The number of esters is 2. The largest absolute Gasteiger partial charge is 2.00 e. The summed E-state index contributed by atoms with van der Waals surface area (Å²) in [5, 5.41) is 8.14. The van der Waals surface area contributed by atoms with E-state index in [0.29, 0.717) is 45.4 Å². The Kier molecular flexibility index (Phi) is 18.5. The van der Waals surface area contributed by atoms with Crippen LogP contribution in [0.15, 0.2) is 22.9 Å². The molecule has 8 bridgehead atoms. The van der Waals surface area contributed by atoms with Gasteiger partial charge in [0.25, 0.3) is 0 Å². The third-order valence-electron chi connectivity index (χ3n) is 14.4. The molecule has 1 aliphatic carbocycles. The van der Waals surface area contributed by atoms with Crippen LogP contribution in [-0.2, 0) is 31.9 Å². The van der Waals surface area contributed by atoms with Crippen molar-refractivity contribution in [3.05, 3.63) is 94.4 Å². The number of nitrogens with zero attached hydrogens (tertiary/aromatic N) is 4. The zero-order valence-corrected chi connectivity index (χ0v) is 43.1. The van der Waals surface area contributed by atoms with E-state index in [0.717, 1.165) is 87.4 Å². The van der Waals surface area contributed by atoms with Gasteiger partial charge < -0.3 is 29.7 Å². The van der Waals surface area contributed by atoms with Gasteiger partial charge in [-0.25, -0.2) is 0 Å². The number of Topliss-reactive ketones (excluding diaryl/α,β-unsaturated/α-hetero) is 1. The van der Waals surface area contributed by atoms with E-state index in [1.54, 1.807) is 0 Å². The topological polar surface area (TPSA) is 126 Å². The standard InChI is InChI=1S/C55H75N4O5.Mg/c1-13-39-35(8)42-28-44-37(10)41(24-25-48(60)64-27-26-34(7)23-17-22-33(6)21-16-20-32(5)19-15-18-31(3)4)52(58-44)50-51(55(62)63-12)54(61)49-38(11)45(59-53(49)50)30-47-40(14-2)36(9)43(57-47)29-46(39)56-42;/h26,28-33,37,44,51H,13-25,27H2,1-12H3,(H-,56,57,61);/q-3;+2/p-1/b34-26+,42-28-;/t32-,33-,37+,44?,51+;/m1./s1. The quantitative estimate of drug-likeness (QED) is 0.0482. The Labute approximate surface area is 404 Å². The molecule has 0 spiro atoms. The smallest absolute Gasteiger partial charge is 0.678 e. The second-order valence-electron chi connectivity index (χ2n) is 19.6. The van der Waals surface area contributed by atoms with Gasteiger partial charge in [-0.1, -0.05) is 156 Å². The normalized spacial score (nSPS) is 20.4. The second kappa shape index (κ2) is 23.1. The van der Waals surface area contributed by atoms with Gasteiger partial charge >= 0.3 is 35.0 Å². The van der Waals surface area contributed by atoms with Gasteiger partial charge in [0.2, 0.25) is 0 Å². The number of fused-ring (bicyclic) bond motifs is 8. The van der Waals surface area contributed by atoms with Crippen molar-refractivity contribution in [3.63, 3.8) is 0 Å². The monoisotopic (exact) mass is 895 g/mol. The second-order valence-corrected chi connectivity index (χ2v) is 19.6. The predicted octanol–water partition coefficient (Wildman–Crippen LogP) is 8.17. The third-order valence-corrected chi connectivity index (χ3v) is 14.4.